The van der Waals surface area contributed by atoms with Crippen LogP contribution < -0.4 is 0 Å². The molecular formula is C23H21N3. The van der Waals surface area contributed by atoms with Crippen molar-refractivity contribution >= 4 is 21.7 Å². The lowest BCUT2D eigenvalue weighted by Crippen LogP contribution is -2.29. The summed E-state index contributed by atoms with van der Waals surface area (Å²) in [4.78, 5) is 6.95. The summed E-state index contributed by atoms with van der Waals surface area (Å²) < 4.78 is 2.54. The highest BCUT2D eigenvalue weighted by molar-refractivity contribution is 5.89. The Morgan fingerprint density at radius 2 is 1.81 bits per heavy atom. The Morgan fingerprint density at radius 3 is 2.73 bits per heavy atom. The zero-order valence-electron chi connectivity index (χ0n) is 14.7. The van der Waals surface area contributed by atoms with E-state index in [1.807, 2.05) is 12.4 Å². The van der Waals surface area contributed by atoms with Crippen LogP contribution in [0, 0.1) is 0 Å². The highest BCUT2D eigenvalue weighted by atomic mass is 15.1. The number of hydrogen-bond donors (Lipinski definition) is 0. The van der Waals surface area contributed by atoms with Crippen LogP contribution in [0.4, 0.5) is 0 Å². The van der Waals surface area contributed by atoms with Crippen molar-refractivity contribution in [3.63, 3.8) is 0 Å². The number of fused-ring (bicyclic) bond motifs is 4. The van der Waals surface area contributed by atoms with Crippen LogP contribution in [0.2, 0.25) is 0 Å². The first-order valence-electron chi connectivity index (χ1n) is 9.57. The van der Waals surface area contributed by atoms with Gasteiger partial charge in [-0.1, -0.05) is 24.3 Å². The van der Waals surface area contributed by atoms with E-state index in [9.17, 15) is 0 Å². The zero-order chi connectivity index (χ0) is 17.1. The molecule has 3 aliphatic heterocycles. The van der Waals surface area contributed by atoms with Crippen LogP contribution >= 0.6 is 0 Å². The summed E-state index contributed by atoms with van der Waals surface area (Å²) in [6, 6.07) is 17.8. The van der Waals surface area contributed by atoms with Crippen molar-refractivity contribution in [2.75, 3.05) is 13.1 Å². The van der Waals surface area contributed by atoms with Crippen LogP contribution in [0.25, 0.3) is 27.4 Å². The minimum absolute atomic E-state index is 0.667. The molecule has 3 heteroatoms. The standard InChI is InChI=1S/C23H21N3/c1-2-4-22-20(3-1)21-15-25-11-8-17(9-12-25)23(21)26(22)19-6-5-16-7-10-24-14-18(16)13-19/h1-7,10,13-14,17H,8-9,11-12,15H2. The Balaban J connectivity index is 1.69. The van der Waals surface area contributed by atoms with Gasteiger partial charge in [-0.25, -0.2) is 0 Å². The molecule has 1 fully saturated rings. The van der Waals surface area contributed by atoms with Crippen molar-refractivity contribution in [2.45, 2.75) is 25.3 Å². The number of hydrogen-bond acceptors (Lipinski definition) is 2. The Kier molecular flexibility index (Phi) is 3.03. The molecule has 26 heavy (non-hydrogen) atoms. The number of aromatic nitrogens is 2. The van der Waals surface area contributed by atoms with E-state index >= 15 is 0 Å². The molecule has 128 valence electrons. The van der Waals surface area contributed by atoms with Gasteiger partial charge in [0.1, 0.15) is 0 Å². The normalized spacial score (nSPS) is 21.8. The molecule has 0 aliphatic carbocycles. The van der Waals surface area contributed by atoms with Gasteiger partial charge < -0.3 is 4.57 Å². The van der Waals surface area contributed by atoms with E-state index in [0.29, 0.717) is 5.92 Å². The van der Waals surface area contributed by atoms with E-state index in [4.69, 9.17) is 0 Å². The molecule has 3 nitrogen and oxygen atoms in total. The molecule has 0 amide bonds. The number of pyridine rings is 1. The maximum atomic E-state index is 4.32. The second kappa shape index (κ2) is 5.42. The fraction of sp³-hybridized carbons (Fsp3) is 0.261. The highest BCUT2D eigenvalue weighted by Crippen LogP contribution is 2.42. The van der Waals surface area contributed by atoms with Gasteiger partial charge >= 0.3 is 0 Å². The zero-order valence-corrected chi connectivity index (χ0v) is 14.7. The van der Waals surface area contributed by atoms with Gasteiger partial charge in [0.25, 0.3) is 0 Å². The van der Waals surface area contributed by atoms with E-state index in [1.165, 1.54) is 53.3 Å². The summed E-state index contributed by atoms with van der Waals surface area (Å²) in [7, 11) is 0. The molecule has 0 atom stereocenters. The van der Waals surface area contributed by atoms with Gasteiger partial charge in [-0.3, -0.25) is 9.88 Å². The lowest BCUT2D eigenvalue weighted by Gasteiger charge is -2.27. The van der Waals surface area contributed by atoms with Crippen LogP contribution in [0.5, 0.6) is 0 Å². The van der Waals surface area contributed by atoms with Gasteiger partial charge in [0, 0.05) is 47.0 Å². The van der Waals surface area contributed by atoms with Crippen LogP contribution in [-0.4, -0.2) is 27.5 Å². The molecule has 0 N–H and O–H groups in total. The first-order valence-corrected chi connectivity index (χ1v) is 9.57. The van der Waals surface area contributed by atoms with E-state index < -0.39 is 0 Å². The molecule has 4 aromatic rings. The van der Waals surface area contributed by atoms with Gasteiger partial charge in [-0.2, -0.15) is 0 Å². The average Bonchev–Trinajstić information content (AvgIpc) is 2.81. The summed E-state index contributed by atoms with van der Waals surface area (Å²) in [6.07, 6.45) is 6.39. The van der Waals surface area contributed by atoms with Gasteiger partial charge in [0.2, 0.25) is 0 Å². The van der Waals surface area contributed by atoms with Gasteiger partial charge in [-0.05, 0) is 61.1 Å². The van der Waals surface area contributed by atoms with Crippen LogP contribution in [-0.2, 0) is 6.54 Å². The molecular weight excluding hydrogens is 318 g/mol. The average molecular weight is 339 g/mol. The first-order chi connectivity index (χ1) is 12.9. The van der Waals surface area contributed by atoms with Crippen molar-refractivity contribution in [3.05, 3.63) is 72.2 Å². The molecule has 0 saturated carbocycles. The Hall–Kier alpha value is -2.65. The largest absolute Gasteiger partial charge is 0.313 e. The van der Waals surface area contributed by atoms with E-state index in [-0.39, 0.29) is 0 Å². The van der Waals surface area contributed by atoms with Crippen molar-refractivity contribution in [1.29, 1.82) is 0 Å². The predicted octanol–water partition coefficient (Wildman–Crippen LogP) is 4.87. The van der Waals surface area contributed by atoms with Crippen LogP contribution in [0.3, 0.4) is 0 Å². The third-order valence-corrected chi connectivity index (χ3v) is 6.26. The summed E-state index contributed by atoms with van der Waals surface area (Å²) in [5, 5.41) is 3.88. The molecule has 2 aromatic heterocycles. The maximum Gasteiger partial charge on any atom is 0.0534 e. The predicted molar refractivity (Wildman–Crippen MR) is 106 cm³/mol. The minimum atomic E-state index is 0.667. The maximum absolute atomic E-state index is 4.32. The monoisotopic (exact) mass is 339 g/mol. The quantitative estimate of drug-likeness (QED) is 0.493. The Labute approximate surface area is 152 Å². The lowest BCUT2D eigenvalue weighted by molar-refractivity contribution is 0.220. The second-order valence-corrected chi connectivity index (χ2v) is 7.67. The van der Waals surface area contributed by atoms with Crippen molar-refractivity contribution < 1.29 is 0 Å². The topological polar surface area (TPSA) is 21.1 Å². The molecule has 1 saturated heterocycles. The molecule has 2 bridgehead atoms. The highest BCUT2D eigenvalue weighted by Gasteiger charge is 2.32. The van der Waals surface area contributed by atoms with Gasteiger partial charge in [-0.15, -0.1) is 0 Å². The summed E-state index contributed by atoms with van der Waals surface area (Å²) in [6.45, 7) is 3.55. The second-order valence-electron chi connectivity index (χ2n) is 7.67. The fourth-order valence-corrected chi connectivity index (χ4v) is 5.00. The molecule has 0 spiro atoms. The number of benzene rings is 2. The Morgan fingerprint density at radius 1 is 0.923 bits per heavy atom. The van der Waals surface area contributed by atoms with Gasteiger partial charge in [0.15, 0.2) is 0 Å². The van der Waals surface area contributed by atoms with Crippen molar-refractivity contribution in [2.24, 2.45) is 0 Å². The molecule has 7 rings (SSSR count). The smallest absolute Gasteiger partial charge is 0.0534 e. The minimum Gasteiger partial charge on any atom is -0.313 e. The summed E-state index contributed by atoms with van der Waals surface area (Å²) >= 11 is 0. The number of nitrogens with zero attached hydrogens (tertiary/aromatic N) is 3. The lowest BCUT2D eigenvalue weighted by atomic mass is 9.94. The molecule has 5 heterocycles. The van der Waals surface area contributed by atoms with E-state index in [0.717, 1.165) is 6.54 Å². The SMILES string of the molecule is c1ccc2c(c1)c1c(n2-c2ccc3ccncc3c2)C2CCN(CC2)C1. The number of rotatable bonds is 1. The van der Waals surface area contributed by atoms with Crippen LogP contribution in [0.1, 0.15) is 30.0 Å². The van der Waals surface area contributed by atoms with E-state index in [2.05, 4.69) is 63.0 Å². The molecule has 0 radical (unpaired) electrons. The Bertz CT molecular complexity index is 1130. The molecule has 0 unspecified atom stereocenters. The van der Waals surface area contributed by atoms with Crippen LogP contribution in [0.15, 0.2) is 60.9 Å². The first kappa shape index (κ1) is 14.5. The number of piperidine rings is 1. The molecule has 2 aromatic carbocycles. The summed E-state index contributed by atoms with van der Waals surface area (Å²) in [5.41, 5.74) is 5.71. The van der Waals surface area contributed by atoms with Crippen molar-refractivity contribution in [1.82, 2.24) is 14.5 Å². The van der Waals surface area contributed by atoms with E-state index in [1.54, 1.807) is 11.3 Å². The van der Waals surface area contributed by atoms with Gasteiger partial charge in [0.05, 0.1) is 5.52 Å². The molecule has 3 aliphatic rings. The number of para-hydroxylation sites is 1. The van der Waals surface area contributed by atoms with Crippen molar-refractivity contribution in [3.8, 4) is 5.69 Å². The fourth-order valence-electron chi connectivity index (χ4n) is 5.00. The third-order valence-electron chi connectivity index (χ3n) is 6.26. The third kappa shape index (κ3) is 2.01. The summed E-state index contributed by atoms with van der Waals surface area (Å²) in [5.74, 6) is 0.667.